The van der Waals surface area contributed by atoms with Crippen LogP contribution in [0.1, 0.15) is 29.6 Å². The van der Waals surface area contributed by atoms with Crippen molar-refractivity contribution in [2.75, 3.05) is 0 Å². The second-order valence-electron chi connectivity index (χ2n) is 8.49. The molecule has 0 saturated carbocycles. The molecule has 0 bridgehead atoms. The number of hydrogen-bond donors (Lipinski definition) is 0. The van der Waals surface area contributed by atoms with Gasteiger partial charge in [-0.2, -0.15) is 0 Å². The molecule has 0 spiro atoms. The number of halogens is 2. The molecule has 4 heteroatoms. The molecule has 0 N–H and O–H groups in total. The van der Waals surface area contributed by atoms with E-state index in [0.717, 1.165) is 0 Å². The normalized spacial score (nSPS) is 16.7. The third kappa shape index (κ3) is 4.62. The molecule has 0 aliphatic heterocycles. The van der Waals surface area contributed by atoms with Crippen LogP contribution in [-0.4, -0.2) is 5.49 Å². The van der Waals surface area contributed by atoms with E-state index in [1.807, 2.05) is 0 Å². The van der Waals surface area contributed by atoms with Crippen LogP contribution in [0.25, 0.3) is 12.2 Å². The third-order valence-corrected chi connectivity index (χ3v) is 35.1. The molecule has 168 valence electrons. The van der Waals surface area contributed by atoms with Gasteiger partial charge in [0, 0.05) is 0 Å². The Kier molecular flexibility index (Phi) is 8.26. The summed E-state index contributed by atoms with van der Waals surface area (Å²) >= 11 is -2.48. The van der Waals surface area contributed by atoms with Crippen molar-refractivity contribution in [3.05, 3.63) is 144 Å². The van der Waals surface area contributed by atoms with E-state index < -0.39 is 25.6 Å². The summed E-state index contributed by atoms with van der Waals surface area (Å²) in [5.41, 5.74) is 5.12. The number of allylic oxidation sites excluding steroid dienone is 2. The van der Waals surface area contributed by atoms with Crippen LogP contribution in [0.15, 0.2) is 121 Å². The quantitative estimate of drug-likeness (QED) is 0.211. The first-order valence-corrected chi connectivity index (χ1v) is 22.3. The van der Waals surface area contributed by atoms with Gasteiger partial charge in [-0.05, 0) is 0 Å². The Labute approximate surface area is 222 Å². The van der Waals surface area contributed by atoms with Crippen molar-refractivity contribution in [2.45, 2.75) is 7.35 Å². The molecule has 4 aromatic carbocycles. The molecule has 0 saturated heterocycles. The van der Waals surface area contributed by atoms with Crippen molar-refractivity contribution in [1.29, 1.82) is 0 Å². The summed E-state index contributed by atoms with van der Waals surface area (Å²) in [7, 11) is 0. The minimum Gasteiger partial charge on any atom is -0.147 e. The van der Waals surface area contributed by atoms with Crippen LogP contribution in [0, 0.1) is 0 Å². The van der Waals surface area contributed by atoms with E-state index in [9.17, 15) is 0 Å². The van der Waals surface area contributed by atoms with E-state index in [4.69, 9.17) is 0 Å². The molecular weight excluding hydrogens is 638 g/mol. The smallest absolute Gasteiger partial charge is 0.147 e. The van der Waals surface area contributed by atoms with Gasteiger partial charge in [0.2, 0.25) is 0 Å². The summed E-state index contributed by atoms with van der Waals surface area (Å²) < 4.78 is 1.23. The maximum atomic E-state index is 2.57. The second-order valence-corrected chi connectivity index (χ2v) is 28.3. The average Bonchev–Trinajstić information content (AvgIpc) is 3.48. The zero-order valence-corrected chi connectivity index (χ0v) is 24.9. The Morgan fingerprint density at radius 3 is 1.29 bits per heavy atom. The number of fused-ring (bicyclic) bond motifs is 2. The zero-order chi connectivity index (χ0) is 21.3. The van der Waals surface area contributed by atoms with E-state index in [2.05, 4.69) is 133 Å². The van der Waals surface area contributed by atoms with Crippen molar-refractivity contribution < 1.29 is 20.1 Å². The molecule has 34 heavy (non-hydrogen) atoms. The van der Waals surface area contributed by atoms with E-state index in [1.54, 1.807) is 21.5 Å². The molecule has 0 amide bonds. The van der Waals surface area contributed by atoms with Crippen LogP contribution >= 0.6 is 24.8 Å². The van der Waals surface area contributed by atoms with Gasteiger partial charge in [-0.1, -0.05) is 0 Å². The second kappa shape index (κ2) is 11.2. The standard InChI is InChI=1S/C12H10Si.2C9H7.2ClH.Hf/c1-3-7-11(8-4-1)13-12-9-5-2-6-10-12;2*1-2-5-9-7-3-6-8(9)4-1;;;/h1-10H;2*1-7H;2*1H;. The van der Waals surface area contributed by atoms with Gasteiger partial charge in [-0.3, -0.25) is 0 Å². The molecule has 0 heterocycles. The van der Waals surface area contributed by atoms with E-state index in [-0.39, 0.29) is 24.8 Å². The fourth-order valence-electron chi connectivity index (χ4n) is 5.26. The summed E-state index contributed by atoms with van der Waals surface area (Å²) in [5, 5.41) is 3.17. The summed E-state index contributed by atoms with van der Waals surface area (Å²) in [4.78, 5) is 0. The molecule has 6 rings (SSSR count). The zero-order valence-electron chi connectivity index (χ0n) is 18.7. The fourth-order valence-corrected chi connectivity index (χ4v) is 37.4. The number of benzene rings is 4. The predicted molar refractivity (Wildman–Crippen MR) is 149 cm³/mol. The van der Waals surface area contributed by atoms with Gasteiger partial charge >= 0.3 is 199 Å². The van der Waals surface area contributed by atoms with Gasteiger partial charge in [-0.15, -0.1) is 24.8 Å². The first-order valence-electron chi connectivity index (χ1n) is 11.3. The molecule has 0 radical (unpaired) electrons. The van der Waals surface area contributed by atoms with E-state index >= 15 is 0 Å². The molecule has 0 fully saturated rings. The Hall–Kier alpha value is -1.97. The molecule has 0 nitrogen and oxygen atoms in total. The molecule has 4 aromatic rings. The third-order valence-electron chi connectivity index (χ3n) is 6.68. The summed E-state index contributed by atoms with van der Waals surface area (Å²) in [6.45, 7) is 0. The van der Waals surface area contributed by atoms with Crippen LogP contribution in [-0.2, 0) is 20.1 Å². The largest absolute Gasteiger partial charge is 0.147 e. The molecule has 2 aliphatic rings. The molecule has 2 atom stereocenters. The van der Waals surface area contributed by atoms with Crippen molar-refractivity contribution in [1.82, 2.24) is 0 Å². The predicted octanol–water partition coefficient (Wildman–Crippen LogP) is 6.79. The van der Waals surface area contributed by atoms with Crippen molar-refractivity contribution in [3.8, 4) is 0 Å². The van der Waals surface area contributed by atoms with Crippen LogP contribution < -0.4 is 10.4 Å². The Bertz CT molecular complexity index is 1270. The van der Waals surface area contributed by atoms with Crippen LogP contribution in [0.2, 0.25) is 0 Å². The van der Waals surface area contributed by atoms with Gasteiger partial charge in [0.05, 0.1) is 0 Å². The maximum Gasteiger partial charge on any atom is -0.147 e. The van der Waals surface area contributed by atoms with E-state index in [0.29, 0.717) is 7.35 Å². The summed E-state index contributed by atoms with van der Waals surface area (Å²) in [5.74, 6) is 0. The van der Waals surface area contributed by atoms with Crippen molar-refractivity contribution in [3.63, 3.8) is 0 Å². The number of rotatable bonds is 4. The van der Waals surface area contributed by atoms with Crippen molar-refractivity contribution in [2.24, 2.45) is 0 Å². The average molecular weight is 664 g/mol. The summed E-state index contributed by atoms with van der Waals surface area (Å²) in [6, 6.07) is 41.1. The monoisotopic (exact) mass is 664 g/mol. The van der Waals surface area contributed by atoms with Gasteiger partial charge < -0.3 is 0 Å². The first-order chi connectivity index (χ1) is 15.9. The fraction of sp³-hybridized carbons (Fsp3) is 0.0667. The maximum absolute atomic E-state index is 2.57. The van der Waals surface area contributed by atoms with Crippen LogP contribution in [0.3, 0.4) is 0 Å². The Morgan fingerprint density at radius 1 is 0.471 bits per heavy atom. The number of hydrogen-bond acceptors (Lipinski definition) is 0. The molecule has 2 aliphatic carbocycles. The Morgan fingerprint density at radius 2 is 0.853 bits per heavy atom. The van der Waals surface area contributed by atoms with Gasteiger partial charge in [-0.25, -0.2) is 0 Å². The van der Waals surface area contributed by atoms with Gasteiger partial charge in [0.15, 0.2) is 0 Å². The molecule has 2 unspecified atom stereocenters. The molecule has 0 aromatic heterocycles. The first kappa shape index (κ1) is 25.1. The van der Waals surface area contributed by atoms with Crippen molar-refractivity contribution >= 4 is 52.8 Å². The topological polar surface area (TPSA) is 0 Å². The Balaban J connectivity index is 0.00000137. The van der Waals surface area contributed by atoms with E-state index in [1.165, 1.54) is 11.1 Å². The van der Waals surface area contributed by atoms with Crippen LogP contribution in [0.5, 0.6) is 0 Å². The summed E-state index contributed by atoms with van der Waals surface area (Å²) in [6.07, 6.45) is 9.92. The van der Waals surface area contributed by atoms with Gasteiger partial charge in [0.25, 0.3) is 0 Å². The SMILES string of the molecule is C1=C[CH]([Hf]([CH]2C=Cc3ccccc32)=[Si](c2ccccc2)c2ccccc2)c2ccccc21.Cl.Cl. The van der Waals surface area contributed by atoms with Gasteiger partial charge in [0.1, 0.15) is 0 Å². The van der Waals surface area contributed by atoms with Crippen LogP contribution in [0.4, 0.5) is 0 Å². The molecular formula is C30H26Cl2HfSi. The minimum absolute atomic E-state index is 0. The minimum atomic E-state index is -2.48.